The summed E-state index contributed by atoms with van der Waals surface area (Å²) in [6, 6.07) is 0. The molecular formula is C10H16O3. The molecule has 0 saturated carbocycles. The van der Waals surface area contributed by atoms with Crippen LogP contribution >= 0.6 is 0 Å². The molecule has 0 fully saturated rings. The molecule has 1 rings (SSSR count). The Balaban J connectivity index is 2.54. The average Bonchev–Trinajstić information content (AvgIpc) is 2.03. The van der Waals surface area contributed by atoms with E-state index in [1.165, 1.54) is 5.57 Å². The van der Waals surface area contributed by atoms with E-state index in [1.807, 2.05) is 19.9 Å². The Morgan fingerprint density at radius 1 is 1.77 bits per heavy atom. The van der Waals surface area contributed by atoms with Gasteiger partial charge in [0.05, 0.1) is 12.7 Å². The summed E-state index contributed by atoms with van der Waals surface area (Å²) in [6.07, 6.45) is 2.29. The van der Waals surface area contributed by atoms with Crippen LogP contribution < -0.4 is 0 Å². The number of ether oxygens (including phenoxy) is 2. The largest absolute Gasteiger partial charge is 0.464 e. The van der Waals surface area contributed by atoms with E-state index in [2.05, 4.69) is 0 Å². The number of carbonyl (C=O) groups excluding carboxylic acids is 1. The van der Waals surface area contributed by atoms with Crippen molar-refractivity contribution in [3.8, 4) is 0 Å². The molecule has 0 aromatic rings. The predicted molar refractivity (Wildman–Crippen MR) is 49.3 cm³/mol. The quantitative estimate of drug-likeness (QED) is 0.483. The Labute approximate surface area is 78.7 Å². The first-order valence-electron chi connectivity index (χ1n) is 4.63. The predicted octanol–water partition coefficient (Wildman–Crippen LogP) is 1.67. The van der Waals surface area contributed by atoms with Crippen molar-refractivity contribution in [2.24, 2.45) is 0 Å². The van der Waals surface area contributed by atoms with Crippen LogP contribution in [0, 0.1) is 0 Å². The monoisotopic (exact) mass is 184 g/mol. The van der Waals surface area contributed by atoms with Crippen LogP contribution in [0.4, 0.5) is 0 Å². The minimum atomic E-state index is -0.403. The fraction of sp³-hybridized carbons (Fsp3) is 0.700. The molecule has 0 spiro atoms. The third-order valence-corrected chi connectivity index (χ3v) is 1.96. The second-order valence-electron chi connectivity index (χ2n) is 3.30. The summed E-state index contributed by atoms with van der Waals surface area (Å²) in [6.45, 7) is 6.14. The minimum absolute atomic E-state index is 0.0168. The van der Waals surface area contributed by atoms with Crippen LogP contribution in [0.25, 0.3) is 0 Å². The SMILES string of the molecule is CCOC(=O)[C@@H]1CC(C)=C[C@H](C)O1. The second kappa shape index (κ2) is 4.42. The Kier molecular flexibility index (Phi) is 3.48. The number of esters is 1. The Hall–Kier alpha value is -0.830. The van der Waals surface area contributed by atoms with Crippen molar-refractivity contribution in [3.05, 3.63) is 11.6 Å². The van der Waals surface area contributed by atoms with Gasteiger partial charge in [0.15, 0.2) is 6.10 Å². The van der Waals surface area contributed by atoms with Gasteiger partial charge in [0.25, 0.3) is 0 Å². The maximum Gasteiger partial charge on any atom is 0.335 e. The van der Waals surface area contributed by atoms with Crippen LogP contribution in [-0.2, 0) is 14.3 Å². The summed E-state index contributed by atoms with van der Waals surface area (Å²) < 4.78 is 10.3. The van der Waals surface area contributed by atoms with Gasteiger partial charge in [0.2, 0.25) is 0 Å². The van der Waals surface area contributed by atoms with Crippen molar-refractivity contribution >= 4 is 5.97 Å². The molecule has 3 nitrogen and oxygen atoms in total. The zero-order valence-corrected chi connectivity index (χ0v) is 8.37. The van der Waals surface area contributed by atoms with Crippen molar-refractivity contribution < 1.29 is 14.3 Å². The molecule has 1 heterocycles. The van der Waals surface area contributed by atoms with E-state index in [1.54, 1.807) is 6.92 Å². The van der Waals surface area contributed by atoms with Crippen LogP contribution in [-0.4, -0.2) is 24.8 Å². The molecule has 0 saturated heterocycles. The van der Waals surface area contributed by atoms with Gasteiger partial charge >= 0.3 is 5.97 Å². The molecule has 0 bridgehead atoms. The highest BCUT2D eigenvalue weighted by molar-refractivity contribution is 5.75. The number of rotatable bonds is 2. The summed E-state index contributed by atoms with van der Waals surface area (Å²) in [5.74, 6) is -0.248. The number of hydrogen-bond acceptors (Lipinski definition) is 3. The standard InChI is InChI=1S/C10H16O3/c1-4-12-10(11)9-6-7(2)5-8(3)13-9/h5,8-9H,4,6H2,1-3H3/t8-,9-/m0/s1. The van der Waals surface area contributed by atoms with Gasteiger partial charge in [-0.3, -0.25) is 0 Å². The van der Waals surface area contributed by atoms with Crippen LogP contribution in [0.15, 0.2) is 11.6 Å². The molecule has 0 N–H and O–H groups in total. The highest BCUT2D eigenvalue weighted by Gasteiger charge is 2.25. The maximum absolute atomic E-state index is 11.3. The third kappa shape index (κ3) is 2.84. The van der Waals surface area contributed by atoms with E-state index in [-0.39, 0.29) is 12.1 Å². The van der Waals surface area contributed by atoms with Gasteiger partial charge in [-0.1, -0.05) is 11.6 Å². The molecular weight excluding hydrogens is 168 g/mol. The molecule has 2 atom stereocenters. The first kappa shape index (κ1) is 10.3. The Morgan fingerprint density at radius 3 is 3.00 bits per heavy atom. The first-order valence-corrected chi connectivity index (χ1v) is 4.63. The van der Waals surface area contributed by atoms with E-state index in [0.29, 0.717) is 13.0 Å². The van der Waals surface area contributed by atoms with E-state index in [9.17, 15) is 4.79 Å². The zero-order chi connectivity index (χ0) is 9.84. The summed E-state index contributed by atoms with van der Waals surface area (Å²) in [4.78, 5) is 11.3. The van der Waals surface area contributed by atoms with Gasteiger partial charge < -0.3 is 9.47 Å². The first-order chi connectivity index (χ1) is 6.13. The lowest BCUT2D eigenvalue weighted by Gasteiger charge is -2.24. The van der Waals surface area contributed by atoms with Gasteiger partial charge in [-0.05, 0) is 20.8 Å². The highest BCUT2D eigenvalue weighted by Crippen LogP contribution is 2.19. The van der Waals surface area contributed by atoms with Crippen LogP contribution in [0.3, 0.4) is 0 Å². The zero-order valence-electron chi connectivity index (χ0n) is 8.37. The maximum atomic E-state index is 11.3. The fourth-order valence-electron chi connectivity index (χ4n) is 1.48. The molecule has 1 aliphatic rings. The van der Waals surface area contributed by atoms with Crippen molar-refractivity contribution in [3.63, 3.8) is 0 Å². The van der Waals surface area contributed by atoms with E-state index >= 15 is 0 Å². The van der Waals surface area contributed by atoms with Gasteiger partial charge in [0, 0.05) is 6.42 Å². The molecule has 1 aliphatic heterocycles. The minimum Gasteiger partial charge on any atom is -0.464 e. The Morgan fingerprint density at radius 2 is 2.46 bits per heavy atom. The Bertz CT molecular complexity index is 220. The lowest BCUT2D eigenvalue weighted by molar-refractivity contribution is -0.159. The summed E-state index contributed by atoms with van der Waals surface area (Å²) in [7, 11) is 0. The normalized spacial score (nSPS) is 28.1. The van der Waals surface area contributed by atoms with Crippen molar-refractivity contribution in [2.75, 3.05) is 6.61 Å². The molecule has 0 amide bonds. The number of carbonyl (C=O) groups is 1. The third-order valence-electron chi connectivity index (χ3n) is 1.96. The summed E-state index contributed by atoms with van der Waals surface area (Å²) >= 11 is 0. The number of hydrogen-bond donors (Lipinski definition) is 0. The summed E-state index contributed by atoms with van der Waals surface area (Å²) in [5, 5.41) is 0. The van der Waals surface area contributed by atoms with E-state index in [4.69, 9.17) is 9.47 Å². The summed E-state index contributed by atoms with van der Waals surface area (Å²) in [5.41, 5.74) is 1.19. The van der Waals surface area contributed by atoms with Gasteiger partial charge in [-0.2, -0.15) is 0 Å². The molecule has 0 radical (unpaired) electrons. The van der Waals surface area contributed by atoms with E-state index < -0.39 is 6.10 Å². The topological polar surface area (TPSA) is 35.5 Å². The van der Waals surface area contributed by atoms with Gasteiger partial charge in [0.1, 0.15) is 0 Å². The smallest absolute Gasteiger partial charge is 0.335 e. The fourth-order valence-corrected chi connectivity index (χ4v) is 1.48. The van der Waals surface area contributed by atoms with Crippen LogP contribution in [0.1, 0.15) is 27.2 Å². The van der Waals surface area contributed by atoms with Gasteiger partial charge in [-0.15, -0.1) is 0 Å². The van der Waals surface area contributed by atoms with Crippen molar-refractivity contribution in [1.82, 2.24) is 0 Å². The van der Waals surface area contributed by atoms with Gasteiger partial charge in [-0.25, -0.2) is 4.79 Å². The highest BCUT2D eigenvalue weighted by atomic mass is 16.6. The molecule has 0 aliphatic carbocycles. The van der Waals surface area contributed by atoms with Crippen molar-refractivity contribution in [1.29, 1.82) is 0 Å². The van der Waals surface area contributed by atoms with Crippen LogP contribution in [0.5, 0.6) is 0 Å². The second-order valence-corrected chi connectivity index (χ2v) is 3.30. The molecule has 0 aromatic heterocycles. The van der Waals surface area contributed by atoms with Crippen molar-refractivity contribution in [2.45, 2.75) is 39.4 Å². The molecule has 74 valence electrons. The molecule has 13 heavy (non-hydrogen) atoms. The van der Waals surface area contributed by atoms with Crippen LogP contribution in [0.2, 0.25) is 0 Å². The molecule has 3 heteroatoms. The molecule has 0 unspecified atom stereocenters. The lowest BCUT2D eigenvalue weighted by Crippen LogP contribution is -2.32. The lowest BCUT2D eigenvalue weighted by atomic mass is 10.0. The molecule has 0 aromatic carbocycles. The van der Waals surface area contributed by atoms with E-state index in [0.717, 1.165) is 0 Å². The average molecular weight is 184 g/mol.